The van der Waals surface area contributed by atoms with Crippen LogP contribution in [0.1, 0.15) is 10.5 Å². The molecule has 0 spiro atoms. The van der Waals surface area contributed by atoms with Crippen LogP contribution in [0.25, 0.3) is 10.6 Å². The smallest absolute Gasteiger partial charge is 0.328 e. The Balaban J connectivity index is 1.81. The summed E-state index contributed by atoms with van der Waals surface area (Å²) in [4.78, 5) is 29.5. The summed E-state index contributed by atoms with van der Waals surface area (Å²) < 4.78 is 10.3. The molecular weight excluding hydrogens is 332 g/mol. The van der Waals surface area contributed by atoms with Crippen LogP contribution in [0.5, 0.6) is 5.75 Å². The molecule has 1 saturated heterocycles. The predicted octanol–water partition coefficient (Wildman–Crippen LogP) is 1.74. The minimum Gasteiger partial charge on any atom is -0.497 e. The van der Waals surface area contributed by atoms with Crippen LogP contribution in [0.2, 0.25) is 0 Å². The van der Waals surface area contributed by atoms with Gasteiger partial charge in [0.1, 0.15) is 16.5 Å². The quantitative estimate of drug-likeness (QED) is 0.905. The summed E-state index contributed by atoms with van der Waals surface area (Å²) in [6, 6.07) is 6.39. The second kappa shape index (κ2) is 6.98. The highest BCUT2D eigenvalue weighted by Gasteiger charge is 2.34. The summed E-state index contributed by atoms with van der Waals surface area (Å²) in [5.74, 6) is -0.723. The SMILES string of the molecule is COc1ccc(-c2nc(C(=O)N3CCOC[C@@H]3C(=O)O)cs2)cc1. The fourth-order valence-electron chi connectivity index (χ4n) is 2.44. The predicted molar refractivity (Wildman–Crippen MR) is 87.4 cm³/mol. The minimum atomic E-state index is -1.08. The Labute approximate surface area is 142 Å². The van der Waals surface area contributed by atoms with Gasteiger partial charge in [-0.1, -0.05) is 0 Å². The molecule has 0 saturated carbocycles. The van der Waals surface area contributed by atoms with Gasteiger partial charge in [0.2, 0.25) is 0 Å². The Hall–Kier alpha value is -2.45. The molecule has 0 bridgehead atoms. The van der Waals surface area contributed by atoms with Crippen molar-refractivity contribution in [2.45, 2.75) is 6.04 Å². The largest absolute Gasteiger partial charge is 0.497 e. The van der Waals surface area contributed by atoms with Gasteiger partial charge in [-0.05, 0) is 24.3 Å². The molecule has 1 aromatic carbocycles. The van der Waals surface area contributed by atoms with E-state index in [0.29, 0.717) is 11.6 Å². The molecule has 3 rings (SSSR count). The van der Waals surface area contributed by atoms with E-state index >= 15 is 0 Å². The summed E-state index contributed by atoms with van der Waals surface area (Å²) in [6.45, 7) is 0.562. The van der Waals surface area contributed by atoms with Crippen molar-refractivity contribution in [1.29, 1.82) is 0 Å². The van der Waals surface area contributed by atoms with Crippen molar-refractivity contribution < 1.29 is 24.2 Å². The molecule has 1 aromatic heterocycles. The Bertz CT molecular complexity index is 743. The van der Waals surface area contributed by atoms with Crippen LogP contribution < -0.4 is 4.74 Å². The third kappa shape index (κ3) is 3.24. The number of morpholine rings is 1. The van der Waals surface area contributed by atoms with Crippen LogP contribution in [0.15, 0.2) is 29.6 Å². The lowest BCUT2D eigenvalue weighted by Crippen LogP contribution is -2.52. The Morgan fingerprint density at radius 1 is 1.38 bits per heavy atom. The number of methoxy groups -OCH3 is 1. The topological polar surface area (TPSA) is 89.0 Å². The second-order valence-electron chi connectivity index (χ2n) is 5.19. The van der Waals surface area contributed by atoms with Crippen LogP contribution in [-0.2, 0) is 9.53 Å². The van der Waals surface area contributed by atoms with Crippen LogP contribution >= 0.6 is 11.3 Å². The number of thiazole rings is 1. The molecule has 24 heavy (non-hydrogen) atoms. The summed E-state index contributed by atoms with van der Waals surface area (Å²) in [6.07, 6.45) is 0. The molecule has 2 aromatic rings. The molecule has 1 atom stereocenters. The van der Waals surface area contributed by atoms with Gasteiger partial charge in [0, 0.05) is 17.5 Å². The number of hydrogen-bond donors (Lipinski definition) is 1. The van der Waals surface area contributed by atoms with E-state index in [0.717, 1.165) is 11.3 Å². The van der Waals surface area contributed by atoms with Crippen molar-refractivity contribution in [1.82, 2.24) is 9.88 Å². The van der Waals surface area contributed by atoms with Gasteiger partial charge in [-0.25, -0.2) is 9.78 Å². The molecule has 126 valence electrons. The summed E-state index contributed by atoms with van der Waals surface area (Å²) in [5, 5.41) is 11.6. The number of hydrogen-bond acceptors (Lipinski definition) is 6. The van der Waals surface area contributed by atoms with E-state index in [1.54, 1.807) is 12.5 Å². The molecule has 1 amide bonds. The first-order valence-corrected chi connectivity index (χ1v) is 8.19. The molecule has 0 unspecified atom stereocenters. The number of carboxylic acids is 1. The van der Waals surface area contributed by atoms with Gasteiger partial charge in [-0.3, -0.25) is 4.79 Å². The number of rotatable bonds is 4. The Morgan fingerprint density at radius 2 is 2.12 bits per heavy atom. The second-order valence-corrected chi connectivity index (χ2v) is 6.05. The number of nitrogens with zero attached hydrogens (tertiary/aromatic N) is 2. The summed E-state index contributed by atoms with van der Waals surface area (Å²) in [7, 11) is 1.59. The maximum Gasteiger partial charge on any atom is 0.328 e. The normalized spacial score (nSPS) is 17.5. The van der Waals surface area contributed by atoms with Crippen molar-refractivity contribution in [3.63, 3.8) is 0 Å². The first-order chi connectivity index (χ1) is 11.6. The zero-order chi connectivity index (χ0) is 17.1. The zero-order valence-electron chi connectivity index (χ0n) is 13.0. The van der Waals surface area contributed by atoms with E-state index in [4.69, 9.17) is 9.47 Å². The molecule has 2 heterocycles. The van der Waals surface area contributed by atoms with E-state index in [-0.39, 0.29) is 24.8 Å². The lowest BCUT2D eigenvalue weighted by molar-refractivity contribution is -0.147. The first kappa shape index (κ1) is 16.4. The fraction of sp³-hybridized carbons (Fsp3) is 0.312. The molecule has 1 N–H and O–H groups in total. The standard InChI is InChI=1S/C16H16N2O5S/c1-22-11-4-2-10(3-5-11)14-17-12(9-24-14)15(19)18-6-7-23-8-13(18)16(20)21/h2-5,9,13H,6-8H2,1H3,(H,20,21)/t13-/m1/s1. The van der Waals surface area contributed by atoms with Crippen LogP contribution in [0.3, 0.4) is 0 Å². The number of aliphatic carboxylic acids is 1. The highest BCUT2D eigenvalue weighted by molar-refractivity contribution is 7.13. The zero-order valence-corrected chi connectivity index (χ0v) is 13.8. The average molecular weight is 348 g/mol. The maximum absolute atomic E-state index is 12.6. The van der Waals surface area contributed by atoms with Gasteiger partial charge in [-0.2, -0.15) is 0 Å². The van der Waals surface area contributed by atoms with Gasteiger partial charge in [0.25, 0.3) is 5.91 Å². The van der Waals surface area contributed by atoms with Gasteiger partial charge in [0.15, 0.2) is 6.04 Å². The van der Waals surface area contributed by atoms with Crippen LogP contribution in [0, 0.1) is 0 Å². The number of carbonyl (C=O) groups excluding carboxylic acids is 1. The van der Waals surface area contributed by atoms with E-state index in [2.05, 4.69) is 4.98 Å². The number of carbonyl (C=O) groups is 2. The molecule has 1 fully saturated rings. The number of benzene rings is 1. The van der Waals surface area contributed by atoms with E-state index < -0.39 is 12.0 Å². The lowest BCUT2D eigenvalue weighted by atomic mass is 10.2. The van der Waals surface area contributed by atoms with Crippen LogP contribution in [-0.4, -0.2) is 59.8 Å². The van der Waals surface area contributed by atoms with Crippen molar-refractivity contribution in [2.75, 3.05) is 26.9 Å². The first-order valence-electron chi connectivity index (χ1n) is 7.31. The maximum atomic E-state index is 12.6. The van der Waals surface area contributed by atoms with Crippen molar-refractivity contribution in [3.8, 4) is 16.3 Å². The molecule has 7 nitrogen and oxygen atoms in total. The monoisotopic (exact) mass is 348 g/mol. The van der Waals surface area contributed by atoms with E-state index in [9.17, 15) is 14.7 Å². The third-order valence-electron chi connectivity index (χ3n) is 3.73. The van der Waals surface area contributed by atoms with Crippen molar-refractivity contribution in [2.24, 2.45) is 0 Å². The highest BCUT2D eigenvalue weighted by Crippen LogP contribution is 2.26. The number of carboxylic acid groups (broad SMARTS) is 1. The molecule has 1 aliphatic heterocycles. The minimum absolute atomic E-state index is 0.00343. The lowest BCUT2D eigenvalue weighted by Gasteiger charge is -2.32. The Kier molecular flexibility index (Phi) is 4.77. The van der Waals surface area contributed by atoms with Gasteiger partial charge >= 0.3 is 5.97 Å². The number of ether oxygens (including phenoxy) is 2. The van der Waals surface area contributed by atoms with E-state index in [1.807, 2.05) is 24.3 Å². The highest BCUT2D eigenvalue weighted by atomic mass is 32.1. The number of aromatic nitrogens is 1. The average Bonchev–Trinajstić information content (AvgIpc) is 3.11. The Morgan fingerprint density at radius 3 is 2.79 bits per heavy atom. The molecule has 0 aliphatic carbocycles. The molecule has 1 aliphatic rings. The van der Waals surface area contributed by atoms with Crippen molar-refractivity contribution >= 4 is 23.2 Å². The molecule has 0 radical (unpaired) electrons. The summed E-state index contributed by atoms with van der Waals surface area (Å²) >= 11 is 1.34. The van der Waals surface area contributed by atoms with Crippen molar-refractivity contribution in [3.05, 3.63) is 35.3 Å². The third-order valence-corrected chi connectivity index (χ3v) is 4.63. The summed E-state index contributed by atoms with van der Waals surface area (Å²) in [5.41, 5.74) is 1.12. The molecule has 8 heteroatoms. The van der Waals surface area contributed by atoms with Gasteiger partial charge < -0.3 is 19.5 Å². The van der Waals surface area contributed by atoms with Gasteiger partial charge in [-0.15, -0.1) is 11.3 Å². The number of amides is 1. The van der Waals surface area contributed by atoms with Gasteiger partial charge in [0.05, 0.1) is 20.3 Å². The van der Waals surface area contributed by atoms with E-state index in [1.165, 1.54) is 16.2 Å². The fourth-order valence-corrected chi connectivity index (χ4v) is 3.24. The molecular formula is C16H16N2O5S. The van der Waals surface area contributed by atoms with Crippen LogP contribution in [0.4, 0.5) is 0 Å².